The predicted molar refractivity (Wildman–Crippen MR) is 438 cm³/mol. The van der Waals surface area contributed by atoms with Gasteiger partial charge in [0, 0.05) is 75.5 Å². The molecule has 0 aliphatic heterocycles. The van der Waals surface area contributed by atoms with Gasteiger partial charge in [-0.3, -0.25) is 0 Å². The lowest BCUT2D eigenvalue weighted by Gasteiger charge is -2.27. The Kier molecular flexibility index (Phi) is 16.8. The maximum atomic E-state index is 2.38. The van der Waals surface area contributed by atoms with Crippen LogP contribution in [-0.2, 0) is 0 Å². The highest BCUT2D eigenvalue weighted by atomic mass is 15.2. The molecule has 0 unspecified atom stereocenters. The minimum absolute atomic E-state index is 1.11. The Morgan fingerprint density at radius 2 is 0.461 bits per heavy atom. The molecule has 0 aromatic heterocycles. The Hall–Kier alpha value is -13.3. The Morgan fingerprint density at radius 1 is 0.157 bits per heavy atom. The van der Waals surface area contributed by atoms with E-state index >= 15 is 0 Å². The van der Waals surface area contributed by atoms with Gasteiger partial charge in [0.2, 0.25) is 0 Å². The average molecular weight is 1310 g/mol. The molecule has 4 nitrogen and oxygen atoms in total. The van der Waals surface area contributed by atoms with Crippen molar-refractivity contribution in [3.8, 4) is 44.5 Å². The third kappa shape index (κ3) is 12.4. The molecular formula is C98H72N4. The molecule has 0 aliphatic rings. The van der Waals surface area contributed by atoms with Crippen LogP contribution in [0.15, 0.2) is 400 Å². The molecular weight excluding hydrogens is 1230 g/mol. The molecule has 0 bridgehead atoms. The van der Waals surface area contributed by atoms with E-state index in [1.165, 1.54) is 121 Å². The summed E-state index contributed by atoms with van der Waals surface area (Å²) in [6.45, 7) is 0. The second kappa shape index (κ2) is 27.6. The minimum atomic E-state index is 1.11. The second-order valence-corrected chi connectivity index (χ2v) is 26.2. The van der Waals surface area contributed by atoms with E-state index in [1.54, 1.807) is 0 Å². The summed E-state index contributed by atoms with van der Waals surface area (Å²) < 4.78 is 0. The van der Waals surface area contributed by atoms with E-state index in [-0.39, 0.29) is 0 Å². The van der Waals surface area contributed by atoms with Gasteiger partial charge in [-0.15, -0.1) is 0 Å². The molecule has 18 rings (SSSR count). The van der Waals surface area contributed by atoms with Crippen LogP contribution in [0.3, 0.4) is 0 Å². The largest absolute Gasteiger partial charge is 0.345 e. The maximum absolute atomic E-state index is 2.38. The molecule has 0 atom stereocenters. The van der Waals surface area contributed by atoms with Crippen LogP contribution in [0.2, 0.25) is 0 Å². The van der Waals surface area contributed by atoms with E-state index in [0.717, 1.165) is 45.5 Å². The predicted octanol–water partition coefficient (Wildman–Crippen LogP) is 27.4. The molecule has 102 heavy (non-hydrogen) atoms. The summed E-state index contributed by atoms with van der Waals surface area (Å²) in [6, 6.07) is 144. The molecule has 0 saturated carbocycles. The fraction of sp³-hybridized carbons (Fsp3) is 0.0204. The molecule has 0 amide bonds. The number of anilines is 10. The van der Waals surface area contributed by atoms with Gasteiger partial charge in [0.25, 0.3) is 0 Å². The fourth-order valence-electron chi connectivity index (χ4n) is 14.7. The van der Waals surface area contributed by atoms with Gasteiger partial charge in [0.05, 0.1) is 17.1 Å². The van der Waals surface area contributed by atoms with Crippen LogP contribution in [0.25, 0.3) is 109 Å². The zero-order valence-electron chi connectivity index (χ0n) is 56.9. The molecule has 0 spiro atoms. The van der Waals surface area contributed by atoms with Crippen LogP contribution in [0.5, 0.6) is 0 Å². The van der Waals surface area contributed by atoms with Gasteiger partial charge in [-0.2, -0.15) is 0 Å². The van der Waals surface area contributed by atoms with Crippen molar-refractivity contribution in [3.63, 3.8) is 0 Å². The van der Waals surface area contributed by atoms with Crippen molar-refractivity contribution in [2.24, 2.45) is 0 Å². The van der Waals surface area contributed by atoms with E-state index in [9.17, 15) is 0 Å². The number of nitrogens with zero attached hydrogens (tertiary/aromatic N) is 4. The zero-order valence-corrected chi connectivity index (χ0v) is 56.9. The molecule has 18 aromatic carbocycles. The topological polar surface area (TPSA) is 13.0 Å². The highest BCUT2D eigenvalue weighted by Gasteiger charge is 2.20. The first-order valence-corrected chi connectivity index (χ1v) is 35.0. The summed E-state index contributed by atoms with van der Waals surface area (Å²) in [7, 11) is 4.31. The Balaban J connectivity index is 0.000000152. The van der Waals surface area contributed by atoms with E-state index in [4.69, 9.17) is 0 Å². The summed E-state index contributed by atoms with van der Waals surface area (Å²) in [5, 5.41) is 14.9. The molecule has 0 heterocycles. The Labute approximate surface area is 596 Å². The van der Waals surface area contributed by atoms with Crippen LogP contribution < -0.4 is 19.6 Å². The third-order valence-electron chi connectivity index (χ3n) is 20.0. The lowest BCUT2D eigenvalue weighted by Crippen LogP contribution is -2.11. The summed E-state index contributed by atoms with van der Waals surface area (Å²) >= 11 is 0. The molecule has 0 fully saturated rings. The van der Waals surface area contributed by atoms with Crippen molar-refractivity contribution in [2.75, 3.05) is 33.7 Å². The standard InChI is InChI=1S/2C49H36N2/c1-50(49-46-22-9-6-16-40(46)33-41-17-7-10-23-47(41)49)42-29-25-36(26-30-42)37-27-31-43(32-28-37)51(48-24-12-18-38-15-5-8-21-45(38)48)44-20-11-19-39(34-44)35-13-3-2-4-14-35;1-50(46-30-25-42-31-39-14-5-6-15-40(39)32-43(42)34-46)44-26-21-36(22-27-44)37-23-28-45(29-24-37)51(49-20-10-16-38-13-7-8-19-48(38)49)47-18-9-17-41(33-47)35-11-3-2-4-12-35/h2*2-34H,1H3. The fourth-order valence-corrected chi connectivity index (χ4v) is 14.7. The van der Waals surface area contributed by atoms with Crippen LogP contribution in [-0.4, -0.2) is 14.1 Å². The van der Waals surface area contributed by atoms with Crippen LogP contribution in [0.4, 0.5) is 56.9 Å². The lowest BCUT2D eigenvalue weighted by atomic mass is 9.99. The van der Waals surface area contributed by atoms with E-state index in [2.05, 4.69) is 434 Å². The van der Waals surface area contributed by atoms with Gasteiger partial charge in [0.1, 0.15) is 0 Å². The molecule has 0 aliphatic carbocycles. The van der Waals surface area contributed by atoms with Gasteiger partial charge in [-0.05, 0) is 203 Å². The van der Waals surface area contributed by atoms with Crippen molar-refractivity contribution in [1.29, 1.82) is 0 Å². The van der Waals surface area contributed by atoms with Crippen LogP contribution >= 0.6 is 0 Å². The number of rotatable bonds is 14. The zero-order chi connectivity index (χ0) is 68.3. The highest BCUT2D eigenvalue weighted by Crippen LogP contribution is 2.45. The van der Waals surface area contributed by atoms with E-state index < -0.39 is 0 Å². The summed E-state index contributed by atoms with van der Waals surface area (Å²) in [5.41, 5.74) is 21.0. The first-order chi connectivity index (χ1) is 50.4. The first kappa shape index (κ1) is 62.3. The van der Waals surface area contributed by atoms with Gasteiger partial charge >= 0.3 is 0 Å². The number of hydrogen-bond donors (Lipinski definition) is 0. The van der Waals surface area contributed by atoms with Gasteiger partial charge < -0.3 is 19.6 Å². The van der Waals surface area contributed by atoms with E-state index in [1.807, 2.05) is 0 Å². The number of benzene rings is 18. The third-order valence-corrected chi connectivity index (χ3v) is 20.0. The Bertz CT molecular complexity index is 5970. The Morgan fingerprint density at radius 3 is 0.912 bits per heavy atom. The molecule has 0 radical (unpaired) electrons. The van der Waals surface area contributed by atoms with Crippen molar-refractivity contribution in [3.05, 3.63) is 400 Å². The monoisotopic (exact) mass is 1300 g/mol. The summed E-state index contributed by atoms with van der Waals surface area (Å²) in [6.07, 6.45) is 0. The van der Waals surface area contributed by atoms with Crippen molar-refractivity contribution >= 4 is 122 Å². The van der Waals surface area contributed by atoms with Crippen molar-refractivity contribution < 1.29 is 0 Å². The first-order valence-electron chi connectivity index (χ1n) is 35.0. The molecule has 0 N–H and O–H groups in total. The molecule has 484 valence electrons. The van der Waals surface area contributed by atoms with Gasteiger partial charge in [0.15, 0.2) is 0 Å². The lowest BCUT2D eigenvalue weighted by molar-refractivity contribution is 1.21. The van der Waals surface area contributed by atoms with Gasteiger partial charge in [-0.25, -0.2) is 0 Å². The summed E-state index contributed by atoms with van der Waals surface area (Å²) in [5.74, 6) is 0. The molecule has 4 heteroatoms. The second-order valence-electron chi connectivity index (χ2n) is 26.2. The molecule has 18 aromatic rings. The summed E-state index contributed by atoms with van der Waals surface area (Å²) in [4.78, 5) is 9.34. The minimum Gasteiger partial charge on any atom is -0.345 e. The van der Waals surface area contributed by atoms with Gasteiger partial charge in [-0.1, -0.05) is 285 Å². The quantitative estimate of drug-likeness (QED) is 0.101. The van der Waals surface area contributed by atoms with Crippen LogP contribution in [0.1, 0.15) is 0 Å². The maximum Gasteiger partial charge on any atom is 0.0567 e. The average Bonchev–Trinajstić information content (AvgIpc) is 0.780. The van der Waals surface area contributed by atoms with Crippen LogP contribution in [0, 0.1) is 0 Å². The highest BCUT2D eigenvalue weighted by molar-refractivity contribution is 6.13. The SMILES string of the molecule is CN(c1ccc(-c2ccc(N(c3cccc(-c4ccccc4)c3)c3cccc4ccccc34)cc2)cc1)c1c2ccccc2cc2ccccc12.CN(c1ccc(-c2ccc(N(c3cccc(-c4ccccc4)c3)c3cccc4ccccc34)cc2)cc1)c1ccc2cc3ccccc3cc2c1. The smallest absolute Gasteiger partial charge is 0.0567 e. The van der Waals surface area contributed by atoms with Crippen molar-refractivity contribution in [2.45, 2.75) is 0 Å². The number of hydrogen-bond acceptors (Lipinski definition) is 4. The molecule has 0 saturated heterocycles. The normalized spacial score (nSPS) is 11.2. The number of fused-ring (bicyclic) bond motifs is 6. The van der Waals surface area contributed by atoms with Crippen molar-refractivity contribution in [1.82, 2.24) is 0 Å². The van der Waals surface area contributed by atoms with E-state index in [0.29, 0.717) is 0 Å².